The molecule has 18 heavy (non-hydrogen) atoms. The molecule has 0 radical (unpaired) electrons. The van der Waals surface area contributed by atoms with Gasteiger partial charge < -0.3 is 15.4 Å². The first kappa shape index (κ1) is 14.0. The van der Waals surface area contributed by atoms with Gasteiger partial charge in [0, 0.05) is 23.8 Å². The molecular formula is C11H13BrClN3OS. The van der Waals surface area contributed by atoms with Crippen molar-refractivity contribution < 1.29 is 4.74 Å². The molecule has 0 spiro atoms. The lowest BCUT2D eigenvalue weighted by Crippen LogP contribution is -2.35. The van der Waals surface area contributed by atoms with Crippen molar-refractivity contribution in [2.45, 2.75) is 18.9 Å². The van der Waals surface area contributed by atoms with Crippen LogP contribution in [0, 0.1) is 0 Å². The van der Waals surface area contributed by atoms with Crippen LogP contribution in [0.25, 0.3) is 0 Å². The second-order valence-corrected chi connectivity index (χ2v) is 5.69. The van der Waals surface area contributed by atoms with Crippen LogP contribution in [-0.4, -0.2) is 29.4 Å². The quantitative estimate of drug-likeness (QED) is 0.821. The van der Waals surface area contributed by atoms with Crippen LogP contribution in [0.5, 0.6) is 0 Å². The lowest BCUT2D eigenvalue weighted by atomic mass is 10.2. The summed E-state index contributed by atoms with van der Waals surface area (Å²) in [6, 6.07) is 1.76. The molecule has 1 aliphatic rings. The summed E-state index contributed by atoms with van der Waals surface area (Å²) >= 11 is 14.5. The predicted octanol–water partition coefficient (Wildman–Crippen LogP) is 2.96. The summed E-state index contributed by atoms with van der Waals surface area (Å²) in [5.41, 5.74) is 0. The summed E-state index contributed by atoms with van der Waals surface area (Å²) in [6.07, 6.45) is 4.11. The van der Waals surface area contributed by atoms with Crippen molar-refractivity contribution in [3.8, 4) is 0 Å². The van der Waals surface area contributed by atoms with E-state index in [-0.39, 0.29) is 6.10 Å². The van der Waals surface area contributed by atoms with E-state index in [2.05, 4.69) is 31.5 Å². The van der Waals surface area contributed by atoms with E-state index in [0.29, 0.717) is 22.5 Å². The Kier molecular flexibility index (Phi) is 5.17. The molecule has 1 aromatic heterocycles. The fourth-order valence-electron chi connectivity index (χ4n) is 1.67. The number of halogens is 2. The van der Waals surface area contributed by atoms with Crippen molar-refractivity contribution >= 4 is 50.7 Å². The molecule has 0 amide bonds. The normalized spacial score (nSPS) is 18.7. The van der Waals surface area contributed by atoms with Crippen LogP contribution in [0.15, 0.2) is 16.7 Å². The minimum Gasteiger partial charge on any atom is -0.376 e. The third-order valence-electron chi connectivity index (χ3n) is 2.55. The van der Waals surface area contributed by atoms with Gasteiger partial charge in [-0.15, -0.1) is 0 Å². The molecule has 4 nitrogen and oxygen atoms in total. The number of aromatic nitrogens is 1. The first-order chi connectivity index (χ1) is 8.65. The highest BCUT2D eigenvalue weighted by Gasteiger charge is 2.15. The predicted molar refractivity (Wildman–Crippen MR) is 80.1 cm³/mol. The highest BCUT2D eigenvalue weighted by atomic mass is 79.9. The maximum Gasteiger partial charge on any atom is 0.172 e. The number of pyridine rings is 1. The number of hydrogen-bond acceptors (Lipinski definition) is 3. The third kappa shape index (κ3) is 4.05. The Labute approximate surface area is 125 Å². The standard InChI is InChI=1S/C11H13BrClN3OS/c12-7-4-9(13)10(14-5-7)16-11(18)15-6-8-2-1-3-17-8/h4-5,8H,1-3,6H2,(H2,14,15,16,18)/t8-/m0/s1. The van der Waals surface area contributed by atoms with E-state index >= 15 is 0 Å². The lowest BCUT2D eigenvalue weighted by molar-refractivity contribution is 0.114. The van der Waals surface area contributed by atoms with Gasteiger partial charge in [0.2, 0.25) is 0 Å². The van der Waals surface area contributed by atoms with Crippen LogP contribution in [0.1, 0.15) is 12.8 Å². The smallest absolute Gasteiger partial charge is 0.172 e. The van der Waals surface area contributed by atoms with E-state index in [0.717, 1.165) is 23.9 Å². The highest BCUT2D eigenvalue weighted by Crippen LogP contribution is 2.22. The number of nitrogens with one attached hydrogen (secondary N) is 2. The van der Waals surface area contributed by atoms with Gasteiger partial charge in [0.25, 0.3) is 0 Å². The fourth-order valence-corrected chi connectivity index (χ4v) is 2.53. The van der Waals surface area contributed by atoms with Gasteiger partial charge in [-0.2, -0.15) is 0 Å². The van der Waals surface area contributed by atoms with E-state index < -0.39 is 0 Å². The second-order valence-electron chi connectivity index (χ2n) is 3.95. The molecule has 0 aliphatic carbocycles. The minimum absolute atomic E-state index is 0.248. The minimum atomic E-state index is 0.248. The Morgan fingerprint density at radius 2 is 2.50 bits per heavy atom. The van der Waals surface area contributed by atoms with Crippen molar-refractivity contribution in [1.82, 2.24) is 10.3 Å². The van der Waals surface area contributed by atoms with Crippen molar-refractivity contribution in [1.29, 1.82) is 0 Å². The molecule has 0 saturated carbocycles. The number of rotatable bonds is 3. The van der Waals surface area contributed by atoms with Gasteiger partial charge in [-0.25, -0.2) is 4.98 Å². The molecule has 0 bridgehead atoms. The molecule has 1 aliphatic heterocycles. The number of ether oxygens (including phenoxy) is 1. The fraction of sp³-hybridized carbons (Fsp3) is 0.455. The first-order valence-corrected chi connectivity index (χ1v) is 7.20. The molecule has 2 heterocycles. The van der Waals surface area contributed by atoms with Crippen LogP contribution in [0.2, 0.25) is 5.02 Å². The Bertz CT molecular complexity index is 440. The summed E-state index contributed by atoms with van der Waals surface area (Å²) in [5.74, 6) is 0.546. The average molecular weight is 351 g/mol. The summed E-state index contributed by atoms with van der Waals surface area (Å²) < 4.78 is 6.33. The molecule has 1 saturated heterocycles. The maximum absolute atomic E-state index is 6.03. The van der Waals surface area contributed by atoms with E-state index in [4.69, 9.17) is 28.6 Å². The molecule has 1 atom stereocenters. The van der Waals surface area contributed by atoms with Crippen LogP contribution in [0.3, 0.4) is 0 Å². The van der Waals surface area contributed by atoms with Crippen LogP contribution >= 0.6 is 39.7 Å². The zero-order chi connectivity index (χ0) is 13.0. The number of anilines is 1. The van der Waals surface area contributed by atoms with Crippen LogP contribution in [-0.2, 0) is 4.74 Å². The summed E-state index contributed by atoms with van der Waals surface area (Å²) in [4.78, 5) is 4.15. The molecule has 0 aromatic carbocycles. The maximum atomic E-state index is 6.03. The van der Waals surface area contributed by atoms with Crippen molar-refractivity contribution in [2.75, 3.05) is 18.5 Å². The molecule has 1 aromatic rings. The van der Waals surface area contributed by atoms with E-state index in [1.54, 1.807) is 12.3 Å². The SMILES string of the molecule is S=C(NC[C@@H]1CCCO1)Nc1ncc(Br)cc1Cl. The average Bonchev–Trinajstić information content (AvgIpc) is 2.83. The van der Waals surface area contributed by atoms with Crippen LogP contribution in [0.4, 0.5) is 5.82 Å². The lowest BCUT2D eigenvalue weighted by Gasteiger charge is -2.14. The Balaban J connectivity index is 1.82. The van der Waals surface area contributed by atoms with Gasteiger partial charge in [0.15, 0.2) is 10.9 Å². The van der Waals surface area contributed by atoms with Gasteiger partial charge >= 0.3 is 0 Å². The Morgan fingerprint density at radius 3 is 3.17 bits per heavy atom. The van der Waals surface area contributed by atoms with Crippen LogP contribution < -0.4 is 10.6 Å². The Morgan fingerprint density at radius 1 is 1.67 bits per heavy atom. The Hall–Kier alpha value is -0.430. The van der Waals surface area contributed by atoms with Gasteiger partial charge in [-0.3, -0.25) is 0 Å². The molecule has 98 valence electrons. The largest absolute Gasteiger partial charge is 0.376 e. The summed E-state index contributed by atoms with van der Waals surface area (Å²) in [7, 11) is 0. The second kappa shape index (κ2) is 6.65. The number of hydrogen-bond donors (Lipinski definition) is 2. The van der Waals surface area contributed by atoms with E-state index in [1.165, 1.54) is 0 Å². The van der Waals surface area contributed by atoms with Gasteiger partial charge in [0.05, 0.1) is 11.1 Å². The van der Waals surface area contributed by atoms with Gasteiger partial charge in [-0.05, 0) is 47.1 Å². The molecule has 2 rings (SSSR count). The molecule has 2 N–H and O–H groups in total. The zero-order valence-corrected chi connectivity index (χ0v) is 12.7. The van der Waals surface area contributed by atoms with E-state index in [1.807, 2.05) is 0 Å². The molecule has 1 fully saturated rings. The number of nitrogens with zero attached hydrogens (tertiary/aromatic N) is 1. The highest BCUT2D eigenvalue weighted by molar-refractivity contribution is 9.10. The molecular weight excluding hydrogens is 338 g/mol. The van der Waals surface area contributed by atoms with Crippen molar-refractivity contribution in [3.05, 3.63) is 21.8 Å². The van der Waals surface area contributed by atoms with Gasteiger partial charge in [0.1, 0.15) is 0 Å². The zero-order valence-electron chi connectivity index (χ0n) is 9.58. The van der Waals surface area contributed by atoms with E-state index in [9.17, 15) is 0 Å². The topological polar surface area (TPSA) is 46.2 Å². The summed E-state index contributed by atoms with van der Waals surface area (Å²) in [6.45, 7) is 1.55. The number of thiocarbonyl (C=S) groups is 1. The summed E-state index contributed by atoms with van der Waals surface area (Å²) in [5, 5.41) is 7.08. The first-order valence-electron chi connectivity index (χ1n) is 5.62. The van der Waals surface area contributed by atoms with Crippen molar-refractivity contribution in [3.63, 3.8) is 0 Å². The van der Waals surface area contributed by atoms with Crippen molar-refractivity contribution in [2.24, 2.45) is 0 Å². The third-order valence-corrected chi connectivity index (χ3v) is 3.52. The molecule has 7 heteroatoms. The molecule has 0 unspecified atom stereocenters. The van der Waals surface area contributed by atoms with Gasteiger partial charge in [-0.1, -0.05) is 11.6 Å². The monoisotopic (exact) mass is 349 g/mol.